The first kappa shape index (κ1) is 20.6. The Morgan fingerprint density at radius 1 is 0.806 bits per heavy atom. The van der Waals surface area contributed by atoms with Gasteiger partial charge in [0.1, 0.15) is 5.70 Å². The summed E-state index contributed by atoms with van der Waals surface area (Å²) in [7, 11) is 0. The second-order valence-electron chi connectivity index (χ2n) is 8.03. The molecule has 3 aromatic carbocycles. The summed E-state index contributed by atoms with van der Waals surface area (Å²) in [4.78, 5) is 28.4. The summed E-state index contributed by atoms with van der Waals surface area (Å²) >= 11 is 0. The van der Waals surface area contributed by atoms with E-state index < -0.39 is 0 Å². The number of rotatable bonds is 5. The van der Waals surface area contributed by atoms with Crippen LogP contribution in [-0.4, -0.2) is 11.8 Å². The van der Waals surface area contributed by atoms with Crippen molar-refractivity contribution in [2.24, 2.45) is 0 Å². The first-order valence-electron chi connectivity index (χ1n) is 10.5. The number of aryl methyl sites for hydroxylation is 4. The second-order valence-corrected chi connectivity index (χ2v) is 8.03. The van der Waals surface area contributed by atoms with E-state index in [2.05, 4.69) is 12.2 Å². The highest BCUT2D eigenvalue weighted by Gasteiger charge is 2.40. The number of nitrogens with zero attached hydrogens (tertiary/aromatic N) is 1. The van der Waals surface area contributed by atoms with Gasteiger partial charge in [-0.1, -0.05) is 55.0 Å². The largest absolute Gasteiger partial charge is 0.350 e. The smallest absolute Gasteiger partial charge is 0.282 e. The molecule has 31 heavy (non-hydrogen) atoms. The molecule has 0 spiro atoms. The molecule has 2 amide bonds. The lowest BCUT2D eigenvalue weighted by atomic mass is 9.97. The third-order valence-corrected chi connectivity index (χ3v) is 5.63. The van der Waals surface area contributed by atoms with Crippen LogP contribution in [0.4, 0.5) is 11.4 Å². The van der Waals surface area contributed by atoms with Gasteiger partial charge in [0.05, 0.1) is 11.3 Å². The molecule has 1 aliphatic heterocycles. The van der Waals surface area contributed by atoms with Crippen molar-refractivity contribution in [3.63, 3.8) is 0 Å². The van der Waals surface area contributed by atoms with Crippen LogP contribution in [0.2, 0.25) is 0 Å². The van der Waals surface area contributed by atoms with Crippen molar-refractivity contribution in [3.8, 4) is 0 Å². The summed E-state index contributed by atoms with van der Waals surface area (Å²) in [6.07, 6.45) is 0.897. The maximum atomic E-state index is 13.6. The average Bonchev–Trinajstić information content (AvgIpc) is 2.98. The van der Waals surface area contributed by atoms with Crippen molar-refractivity contribution in [1.82, 2.24) is 0 Å². The summed E-state index contributed by atoms with van der Waals surface area (Å²) < 4.78 is 0. The van der Waals surface area contributed by atoms with E-state index in [-0.39, 0.29) is 11.8 Å². The summed E-state index contributed by atoms with van der Waals surface area (Å²) in [5.41, 5.74) is 7.14. The number of imide groups is 1. The molecule has 156 valence electrons. The SMILES string of the molecule is CCc1ccc(N2C(=O)C(Nc3cccc(C)c3)=C(c3ccc(C)cc3C)C2=O)cc1. The lowest BCUT2D eigenvalue weighted by molar-refractivity contribution is -0.120. The van der Waals surface area contributed by atoms with E-state index in [1.807, 2.05) is 87.5 Å². The molecule has 0 unspecified atom stereocenters. The van der Waals surface area contributed by atoms with E-state index in [1.54, 1.807) is 0 Å². The van der Waals surface area contributed by atoms with Crippen LogP contribution in [0.5, 0.6) is 0 Å². The Morgan fingerprint density at radius 2 is 1.52 bits per heavy atom. The molecule has 0 bridgehead atoms. The summed E-state index contributed by atoms with van der Waals surface area (Å²) in [6, 6.07) is 21.3. The van der Waals surface area contributed by atoms with Crippen LogP contribution < -0.4 is 10.2 Å². The third kappa shape index (κ3) is 3.89. The van der Waals surface area contributed by atoms with Gasteiger partial charge < -0.3 is 5.32 Å². The van der Waals surface area contributed by atoms with Crippen molar-refractivity contribution in [1.29, 1.82) is 0 Å². The minimum absolute atomic E-state index is 0.308. The Bertz CT molecular complexity index is 1210. The van der Waals surface area contributed by atoms with Crippen molar-refractivity contribution in [2.45, 2.75) is 34.1 Å². The van der Waals surface area contributed by atoms with Crippen LogP contribution in [0.1, 0.15) is 34.7 Å². The molecular weight excluding hydrogens is 384 g/mol. The van der Waals surface area contributed by atoms with Gasteiger partial charge in [0.25, 0.3) is 11.8 Å². The minimum atomic E-state index is -0.342. The fraction of sp³-hybridized carbons (Fsp3) is 0.185. The van der Waals surface area contributed by atoms with Gasteiger partial charge >= 0.3 is 0 Å². The molecule has 0 atom stereocenters. The zero-order valence-corrected chi connectivity index (χ0v) is 18.3. The molecule has 1 heterocycles. The second kappa shape index (κ2) is 8.23. The lowest BCUT2D eigenvalue weighted by Crippen LogP contribution is -2.32. The highest BCUT2D eigenvalue weighted by molar-refractivity contribution is 6.46. The number of carbonyl (C=O) groups is 2. The molecule has 3 aromatic rings. The Morgan fingerprint density at radius 3 is 2.16 bits per heavy atom. The summed E-state index contributed by atoms with van der Waals surface area (Å²) in [6.45, 7) is 8.05. The van der Waals surface area contributed by atoms with Gasteiger partial charge in [-0.3, -0.25) is 9.59 Å². The zero-order chi connectivity index (χ0) is 22.1. The first-order chi connectivity index (χ1) is 14.9. The van der Waals surface area contributed by atoms with E-state index >= 15 is 0 Å². The molecule has 1 aliphatic rings. The van der Waals surface area contributed by atoms with Gasteiger partial charge in [-0.15, -0.1) is 0 Å². The minimum Gasteiger partial charge on any atom is -0.350 e. The van der Waals surface area contributed by atoms with Gasteiger partial charge in [-0.05, 0) is 73.7 Å². The predicted molar refractivity (Wildman–Crippen MR) is 126 cm³/mol. The third-order valence-electron chi connectivity index (χ3n) is 5.63. The van der Waals surface area contributed by atoms with E-state index in [4.69, 9.17) is 0 Å². The molecule has 0 radical (unpaired) electrons. The summed E-state index contributed by atoms with van der Waals surface area (Å²) in [5, 5.41) is 3.24. The fourth-order valence-corrected chi connectivity index (χ4v) is 3.97. The Labute approximate surface area is 183 Å². The summed E-state index contributed by atoms with van der Waals surface area (Å²) in [5.74, 6) is -0.651. The van der Waals surface area contributed by atoms with Gasteiger partial charge in [0.15, 0.2) is 0 Å². The Hall–Kier alpha value is -3.66. The molecule has 4 rings (SSSR count). The van der Waals surface area contributed by atoms with E-state index in [0.29, 0.717) is 17.0 Å². The van der Waals surface area contributed by atoms with Crippen molar-refractivity contribution in [3.05, 3.63) is 100 Å². The van der Waals surface area contributed by atoms with Crippen LogP contribution in [0.15, 0.2) is 72.4 Å². The zero-order valence-electron chi connectivity index (χ0n) is 18.3. The topological polar surface area (TPSA) is 49.4 Å². The molecule has 4 nitrogen and oxygen atoms in total. The molecule has 4 heteroatoms. The highest BCUT2D eigenvalue weighted by Crippen LogP contribution is 2.35. The quantitative estimate of drug-likeness (QED) is 0.559. The molecule has 1 N–H and O–H groups in total. The van der Waals surface area contributed by atoms with Crippen LogP contribution in [0.25, 0.3) is 5.57 Å². The van der Waals surface area contributed by atoms with E-state index in [1.165, 1.54) is 4.90 Å². The molecule has 0 saturated heterocycles. The molecule has 0 aliphatic carbocycles. The number of benzene rings is 3. The van der Waals surface area contributed by atoms with Gasteiger partial charge in [0, 0.05) is 5.69 Å². The average molecular weight is 411 g/mol. The van der Waals surface area contributed by atoms with E-state index in [9.17, 15) is 9.59 Å². The molecular formula is C27H26N2O2. The van der Waals surface area contributed by atoms with Gasteiger partial charge in [0.2, 0.25) is 0 Å². The number of hydrogen-bond donors (Lipinski definition) is 1. The number of amides is 2. The van der Waals surface area contributed by atoms with Gasteiger partial charge in [-0.25, -0.2) is 4.90 Å². The normalized spacial score (nSPS) is 13.9. The van der Waals surface area contributed by atoms with Crippen LogP contribution in [0, 0.1) is 20.8 Å². The number of hydrogen-bond acceptors (Lipinski definition) is 3. The van der Waals surface area contributed by atoms with Crippen molar-refractivity contribution >= 4 is 28.8 Å². The van der Waals surface area contributed by atoms with Crippen LogP contribution in [0.3, 0.4) is 0 Å². The maximum Gasteiger partial charge on any atom is 0.282 e. The lowest BCUT2D eigenvalue weighted by Gasteiger charge is -2.16. The maximum absolute atomic E-state index is 13.6. The number of nitrogens with one attached hydrogen (secondary N) is 1. The van der Waals surface area contributed by atoms with Crippen LogP contribution >= 0.6 is 0 Å². The first-order valence-corrected chi connectivity index (χ1v) is 10.5. The van der Waals surface area contributed by atoms with Gasteiger partial charge in [-0.2, -0.15) is 0 Å². The van der Waals surface area contributed by atoms with Crippen molar-refractivity contribution in [2.75, 3.05) is 10.2 Å². The molecule has 0 saturated carbocycles. The molecule has 0 aromatic heterocycles. The highest BCUT2D eigenvalue weighted by atomic mass is 16.2. The standard InChI is InChI=1S/C27H26N2O2/c1-5-20-10-12-22(13-11-20)29-26(30)24(23-14-9-18(3)15-19(23)4)25(27(29)31)28-21-8-6-7-17(2)16-21/h6-16,28H,5H2,1-4H3. The fourth-order valence-electron chi connectivity index (χ4n) is 3.97. The Balaban J connectivity index is 1.84. The number of anilines is 2. The molecule has 0 fully saturated rings. The van der Waals surface area contributed by atoms with Crippen molar-refractivity contribution < 1.29 is 9.59 Å². The van der Waals surface area contributed by atoms with E-state index in [0.717, 1.165) is 39.9 Å². The monoisotopic (exact) mass is 410 g/mol. The van der Waals surface area contributed by atoms with Crippen LogP contribution in [-0.2, 0) is 16.0 Å². The number of carbonyl (C=O) groups excluding carboxylic acids is 2. The Kier molecular flexibility index (Phi) is 5.47. The predicted octanol–water partition coefficient (Wildman–Crippen LogP) is 5.57.